The molecular formula is C17H18O. The fraction of sp³-hybridized carbons (Fsp3) is 0.294. The molecule has 0 saturated heterocycles. The first kappa shape index (κ1) is 12.7. The SMILES string of the molecule is C#CCCCCOCc1ccc2ccccc2c1. The number of hydrogen-bond acceptors (Lipinski definition) is 1. The molecule has 0 N–H and O–H groups in total. The summed E-state index contributed by atoms with van der Waals surface area (Å²) in [6.45, 7) is 1.47. The smallest absolute Gasteiger partial charge is 0.0717 e. The van der Waals surface area contributed by atoms with Gasteiger partial charge in [-0.3, -0.25) is 0 Å². The predicted octanol–water partition coefficient (Wildman–Crippen LogP) is 4.16. The number of hydrogen-bond donors (Lipinski definition) is 0. The van der Waals surface area contributed by atoms with E-state index >= 15 is 0 Å². The molecule has 0 bridgehead atoms. The van der Waals surface area contributed by atoms with Gasteiger partial charge >= 0.3 is 0 Å². The van der Waals surface area contributed by atoms with Crippen molar-refractivity contribution in [1.82, 2.24) is 0 Å². The minimum Gasteiger partial charge on any atom is -0.377 e. The minimum atomic E-state index is 0.681. The second-order valence-electron chi connectivity index (χ2n) is 4.40. The van der Waals surface area contributed by atoms with Crippen LogP contribution in [0.4, 0.5) is 0 Å². The molecule has 0 amide bonds. The second kappa shape index (κ2) is 6.83. The zero-order chi connectivity index (χ0) is 12.6. The maximum absolute atomic E-state index is 5.65. The lowest BCUT2D eigenvalue weighted by Gasteiger charge is -2.05. The summed E-state index contributed by atoms with van der Waals surface area (Å²) >= 11 is 0. The van der Waals surface area contributed by atoms with E-state index < -0.39 is 0 Å². The molecule has 1 heteroatoms. The average molecular weight is 238 g/mol. The third-order valence-electron chi connectivity index (χ3n) is 2.94. The van der Waals surface area contributed by atoms with Crippen molar-refractivity contribution >= 4 is 10.8 Å². The maximum atomic E-state index is 5.65. The maximum Gasteiger partial charge on any atom is 0.0717 e. The molecule has 0 aliphatic heterocycles. The molecule has 0 atom stereocenters. The van der Waals surface area contributed by atoms with Gasteiger partial charge in [0.15, 0.2) is 0 Å². The highest BCUT2D eigenvalue weighted by Crippen LogP contribution is 2.16. The summed E-state index contributed by atoms with van der Waals surface area (Å²) in [5.41, 5.74) is 1.23. The lowest BCUT2D eigenvalue weighted by atomic mass is 10.1. The Balaban J connectivity index is 1.83. The number of benzene rings is 2. The average Bonchev–Trinajstić information content (AvgIpc) is 2.42. The van der Waals surface area contributed by atoms with Crippen molar-refractivity contribution in [2.75, 3.05) is 6.61 Å². The van der Waals surface area contributed by atoms with Gasteiger partial charge in [0.2, 0.25) is 0 Å². The standard InChI is InChI=1S/C17H18O/c1-2-3-4-7-12-18-14-15-10-11-16-8-5-6-9-17(16)13-15/h1,5-6,8-11,13H,3-4,7,12,14H2. The van der Waals surface area contributed by atoms with Gasteiger partial charge < -0.3 is 4.74 Å². The van der Waals surface area contributed by atoms with Crippen LogP contribution >= 0.6 is 0 Å². The highest BCUT2D eigenvalue weighted by atomic mass is 16.5. The number of fused-ring (bicyclic) bond motifs is 1. The van der Waals surface area contributed by atoms with Crippen LogP contribution in [0.15, 0.2) is 42.5 Å². The van der Waals surface area contributed by atoms with E-state index in [4.69, 9.17) is 11.2 Å². The summed E-state index contributed by atoms with van der Waals surface area (Å²) in [6, 6.07) is 14.8. The summed E-state index contributed by atoms with van der Waals surface area (Å²) in [7, 11) is 0. The van der Waals surface area contributed by atoms with Crippen molar-refractivity contribution in [3.8, 4) is 12.3 Å². The molecule has 0 aliphatic carbocycles. The predicted molar refractivity (Wildman–Crippen MR) is 76.3 cm³/mol. The first-order valence-corrected chi connectivity index (χ1v) is 6.39. The molecule has 0 spiro atoms. The Morgan fingerprint density at radius 3 is 2.67 bits per heavy atom. The number of unbranched alkanes of at least 4 members (excludes halogenated alkanes) is 2. The van der Waals surface area contributed by atoms with Gasteiger partial charge in [-0.25, -0.2) is 0 Å². The van der Waals surface area contributed by atoms with E-state index in [0.29, 0.717) is 6.61 Å². The Hall–Kier alpha value is -1.78. The summed E-state index contributed by atoms with van der Waals surface area (Å²) in [5, 5.41) is 2.54. The van der Waals surface area contributed by atoms with E-state index in [-0.39, 0.29) is 0 Å². The van der Waals surface area contributed by atoms with Crippen molar-refractivity contribution < 1.29 is 4.74 Å². The zero-order valence-electron chi connectivity index (χ0n) is 10.6. The fourth-order valence-corrected chi connectivity index (χ4v) is 1.95. The van der Waals surface area contributed by atoms with Crippen LogP contribution in [0.5, 0.6) is 0 Å². The van der Waals surface area contributed by atoms with Crippen LogP contribution in [0, 0.1) is 12.3 Å². The zero-order valence-corrected chi connectivity index (χ0v) is 10.6. The minimum absolute atomic E-state index is 0.681. The van der Waals surface area contributed by atoms with Gasteiger partial charge in [0.1, 0.15) is 0 Å². The van der Waals surface area contributed by atoms with Gasteiger partial charge in [-0.2, -0.15) is 0 Å². The van der Waals surface area contributed by atoms with Crippen molar-refractivity contribution in [1.29, 1.82) is 0 Å². The van der Waals surface area contributed by atoms with Crippen LogP contribution < -0.4 is 0 Å². The van der Waals surface area contributed by atoms with Crippen LogP contribution in [0.25, 0.3) is 10.8 Å². The van der Waals surface area contributed by atoms with E-state index in [2.05, 4.69) is 48.4 Å². The van der Waals surface area contributed by atoms with Gasteiger partial charge in [0, 0.05) is 13.0 Å². The second-order valence-corrected chi connectivity index (χ2v) is 4.40. The molecule has 0 radical (unpaired) electrons. The van der Waals surface area contributed by atoms with E-state index in [0.717, 1.165) is 25.9 Å². The number of terminal acetylenes is 1. The van der Waals surface area contributed by atoms with Gasteiger partial charge in [-0.05, 0) is 35.2 Å². The van der Waals surface area contributed by atoms with Crippen LogP contribution in [-0.4, -0.2) is 6.61 Å². The fourth-order valence-electron chi connectivity index (χ4n) is 1.95. The van der Waals surface area contributed by atoms with Crippen molar-refractivity contribution in [3.05, 3.63) is 48.0 Å². The Labute approximate surface area is 109 Å². The summed E-state index contributed by atoms with van der Waals surface area (Å²) in [5.74, 6) is 2.64. The molecule has 0 fully saturated rings. The highest BCUT2D eigenvalue weighted by Gasteiger charge is 1.96. The van der Waals surface area contributed by atoms with Gasteiger partial charge in [0.05, 0.1) is 6.61 Å². The van der Waals surface area contributed by atoms with Crippen molar-refractivity contribution in [2.24, 2.45) is 0 Å². The molecule has 92 valence electrons. The monoisotopic (exact) mass is 238 g/mol. The Kier molecular flexibility index (Phi) is 4.81. The largest absolute Gasteiger partial charge is 0.377 e. The van der Waals surface area contributed by atoms with Crippen LogP contribution in [0.3, 0.4) is 0 Å². The normalized spacial score (nSPS) is 10.4. The van der Waals surface area contributed by atoms with Crippen LogP contribution in [0.1, 0.15) is 24.8 Å². The molecule has 2 aromatic rings. The highest BCUT2D eigenvalue weighted by molar-refractivity contribution is 5.82. The summed E-state index contributed by atoms with van der Waals surface area (Å²) in [6.07, 6.45) is 8.13. The third kappa shape index (κ3) is 3.61. The molecular weight excluding hydrogens is 220 g/mol. The first-order chi connectivity index (χ1) is 8.90. The van der Waals surface area contributed by atoms with Crippen LogP contribution in [-0.2, 0) is 11.3 Å². The van der Waals surface area contributed by atoms with Crippen molar-refractivity contribution in [2.45, 2.75) is 25.9 Å². The van der Waals surface area contributed by atoms with Gasteiger partial charge in [-0.15, -0.1) is 12.3 Å². The summed E-state index contributed by atoms with van der Waals surface area (Å²) < 4.78 is 5.65. The number of ether oxygens (including phenoxy) is 1. The topological polar surface area (TPSA) is 9.23 Å². The molecule has 18 heavy (non-hydrogen) atoms. The van der Waals surface area contributed by atoms with E-state index in [9.17, 15) is 0 Å². The first-order valence-electron chi connectivity index (χ1n) is 6.39. The molecule has 0 aromatic heterocycles. The lowest BCUT2D eigenvalue weighted by molar-refractivity contribution is 0.117. The Morgan fingerprint density at radius 2 is 1.83 bits per heavy atom. The van der Waals surface area contributed by atoms with Crippen LogP contribution in [0.2, 0.25) is 0 Å². The van der Waals surface area contributed by atoms with Gasteiger partial charge in [0.25, 0.3) is 0 Å². The molecule has 0 heterocycles. The molecule has 2 rings (SSSR count). The van der Waals surface area contributed by atoms with E-state index in [1.54, 1.807) is 0 Å². The third-order valence-corrected chi connectivity index (χ3v) is 2.94. The number of rotatable bonds is 6. The molecule has 0 aliphatic rings. The summed E-state index contributed by atoms with van der Waals surface area (Å²) in [4.78, 5) is 0. The molecule has 0 unspecified atom stereocenters. The Bertz CT molecular complexity index is 537. The van der Waals surface area contributed by atoms with E-state index in [1.165, 1.54) is 16.3 Å². The lowest BCUT2D eigenvalue weighted by Crippen LogP contribution is -1.95. The van der Waals surface area contributed by atoms with Gasteiger partial charge in [-0.1, -0.05) is 36.4 Å². The quantitative estimate of drug-likeness (QED) is 0.542. The molecule has 0 saturated carbocycles. The van der Waals surface area contributed by atoms with E-state index in [1.807, 2.05) is 0 Å². The van der Waals surface area contributed by atoms with Crippen molar-refractivity contribution in [3.63, 3.8) is 0 Å². The Morgan fingerprint density at radius 1 is 1.00 bits per heavy atom. The molecule has 1 nitrogen and oxygen atoms in total. The molecule has 2 aromatic carbocycles.